The molecule has 0 radical (unpaired) electrons. The number of ether oxygens (including phenoxy) is 2. The van der Waals surface area contributed by atoms with Gasteiger partial charge in [0.1, 0.15) is 11.6 Å². The lowest BCUT2D eigenvalue weighted by Crippen LogP contribution is -2.32. The first kappa shape index (κ1) is 21.9. The summed E-state index contributed by atoms with van der Waals surface area (Å²) in [5.74, 6) is 0.482. The van der Waals surface area contributed by atoms with Crippen molar-refractivity contribution in [2.24, 2.45) is 0 Å². The van der Waals surface area contributed by atoms with E-state index in [0.29, 0.717) is 23.3 Å². The molecule has 0 N–H and O–H groups in total. The van der Waals surface area contributed by atoms with Crippen molar-refractivity contribution in [3.63, 3.8) is 0 Å². The van der Waals surface area contributed by atoms with E-state index in [1.54, 1.807) is 24.3 Å². The lowest BCUT2D eigenvalue weighted by atomic mass is 10.2. The minimum absolute atomic E-state index is 0.0224. The molecule has 2 amide bonds. The highest BCUT2D eigenvalue weighted by molar-refractivity contribution is 8.18. The third-order valence-electron chi connectivity index (χ3n) is 4.06. The highest BCUT2D eigenvalue weighted by atomic mass is 35.5. The summed E-state index contributed by atoms with van der Waals surface area (Å²) in [5.41, 5.74) is -0.139. The molecule has 2 aromatic rings. The Bertz CT molecular complexity index is 1060. The molecule has 1 fully saturated rings. The summed E-state index contributed by atoms with van der Waals surface area (Å²) >= 11 is 12.6. The Labute approximate surface area is 185 Å². The molecular formula is C19H14Cl2N2O6S. The highest BCUT2D eigenvalue weighted by Crippen LogP contribution is 2.36. The second kappa shape index (κ2) is 9.38. The number of amides is 2. The van der Waals surface area contributed by atoms with E-state index in [4.69, 9.17) is 32.7 Å². The molecule has 1 saturated heterocycles. The predicted molar refractivity (Wildman–Crippen MR) is 114 cm³/mol. The summed E-state index contributed by atoms with van der Waals surface area (Å²) in [5, 5.41) is 10.6. The molecule has 0 unspecified atom stereocenters. The maximum absolute atomic E-state index is 12.6. The highest BCUT2D eigenvalue weighted by Gasteiger charge is 2.35. The molecule has 0 aromatic heterocycles. The third-order valence-corrected chi connectivity index (χ3v) is 5.60. The monoisotopic (exact) mass is 468 g/mol. The fourth-order valence-corrected chi connectivity index (χ4v) is 3.99. The molecule has 0 aliphatic carbocycles. The van der Waals surface area contributed by atoms with E-state index in [-0.39, 0.29) is 39.4 Å². The Kier molecular flexibility index (Phi) is 6.86. The number of thioether (sulfide) groups is 1. The summed E-state index contributed by atoms with van der Waals surface area (Å²) in [4.78, 5) is 36.4. The van der Waals surface area contributed by atoms with Gasteiger partial charge < -0.3 is 9.47 Å². The molecule has 0 bridgehead atoms. The molecule has 0 spiro atoms. The topological polar surface area (TPSA) is 99.0 Å². The molecule has 3 rings (SSSR count). The van der Waals surface area contributed by atoms with Crippen LogP contribution in [0.4, 0.5) is 10.5 Å². The third kappa shape index (κ3) is 4.69. The smallest absolute Gasteiger partial charge is 0.293 e. The summed E-state index contributed by atoms with van der Waals surface area (Å²) in [6, 6.07) is 9.38. The molecular weight excluding hydrogens is 455 g/mol. The van der Waals surface area contributed by atoms with Crippen LogP contribution in [-0.2, 0) is 4.79 Å². The van der Waals surface area contributed by atoms with E-state index < -0.39 is 16.1 Å². The minimum atomic E-state index is -0.656. The predicted octanol–water partition coefficient (Wildman–Crippen LogP) is 5.03. The van der Waals surface area contributed by atoms with Crippen molar-refractivity contribution in [1.82, 2.24) is 4.90 Å². The number of methoxy groups -OCH3 is 1. The Morgan fingerprint density at radius 3 is 2.53 bits per heavy atom. The Morgan fingerprint density at radius 2 is 1.87 bits per heavy atom. The van der Waals surface area contributed by atoms with E-state index in [2.05, 4.69) is 0 Å². The molecule has 156 valence electrons. The Balaban J connectivity index is 1.73. The normalized spacial score (nSPS) is 15.0. The standard InChI is InChI=1S/C19H14Cl2N2O6S/c1-28-15-4-2-3-5-16(15)29-7-6-22-18(24)17(30-19(22)25)9-11-8-14(23(26)27)13(21)10-12(11)20/h2-5,8-10H,6-7H2,1H3/b17-9-. The number of nitrogens with zero attached hydrogens (tertiary/aromatic N) is 2. The molecule has 0 saturated carbocycles. The zero-order valence-electron chi connectivity index (χ0n) is 15.5. The van der Waals surface area contributed by atoms with Crippen LogP contribution in [0.5, 0.6) is 11.5 Å². The first-order chi connectivity index (χ1) is 14.3. The number of imide groups is 1. The van der Waals surface area contributed by atoms with Crippen molar-refractivity contribution in [2.45, 2.75) is 0 Å². The molecule has 2 aromatic carbocycles. The van der Waals surface area contributed by atoms with E-state index in [9.17, 15) is 19.7 Å². The summed E-state index contributed by atoms with van der Waals surface area (Å²) in [7, 11) is 1.51. The number of benzene rings is 2. The van der Waals surface area contributed by atoms with E-state index in [0.717, 1.165) is 11.0 Å². The van der Waals surface area contributed by atoms with Crippen molar-refractivity contribution >= 4 is 57.9 Å². The first-order valence-electron chi connectivity index (χ1n) is 8.46. The van der Waals surface area contributed by atoms with Gasteiger partial charge in [-0.1, -0.05) is 35.3 Å². The van der Waals surface area contributed by atoms with Crippen LogP contribution >= 0.6 is 35.0 Å². The van der Waals surface area contributed by atoms with Crippen LogP contribution in [0.3, 0.4) is 0 Å². The van der Waals surface area contributed by atoms with Crippen LogP contribution in [0, 0.1) is 10.1 Å². The van der Waals surface area contributed by atoms with Gasteiger partial charge in [0, 0.05) is 16.7 Å². The number of hydrogen-bond donors (Lipinski definition) is 0. The van der Waals surface area contributed by atoms with E-state index in [1.807, 2.05) is 0 Å². The largest absolute Gasteiger partial charge is 0.493 e. The van der Waals surface area contributed by atoms with Gasteiger partial charge in [0.05, 0.1) is 23.5 Å². The first-order valence-corrected chi connectivity index (χ1v) is 10.0. The van der Waals surface area contributed by atoms with Crippen LogP contribution < -0.4 is 9.47 Å². The number of nitro groups is 1. The maximum Gasteiger partial charge on any atom is 0.293 e. The minimum Gasteiger partial charge on any atom is -0.493 e. The van der Waals surface area contributed by atoms with E-state index in [1.165, 1.54) is 19.3 Å². The number of nitro benzene ring substituents is 1. The lowest BCUT2D eigenvalue weighted by Gasteiger charge is -2.14. The molecule has 1 heterocycles. The zero-order valence-corrected chi connectivity index (χ0v) is 17.8. The van der Waals surface area contributed by atoms with Gasteiger partial charge in [0.25, 0.3) is 16.8 Å². The van der Waals surface area contributed by atoms with Gasteiger partial charge in [-0.3, -0.25) is 24.6 Å². The lowest BCUT2D eigenvalue weighted by molar-refractivity contribution is -0.384. The molecule has 8 nitrogen and oxygen atoms in total. The number of para-hydroxylation sites is 2. The van der Waals surface area contributed by atoms with Gasteiger partial charge in [-0.25, -0.2) is 0 Å². The van der Waals surface area contributed by atoms with Crippen LogP contribution in [-0.4, -0.2) is 41.2 Å². The number of rotatable bonds is 7. The number of carbonyl (C=O) groups is 2. The molecule has 0 atom stereocenters. The van der Waals surface area contributed by atoms with Gasteiger partial charge in [0.2, 0.25) is 0 Å². The van der Waals surface area contributed by atoms with Crippen LogP contribution in [0.25, 0.3) is 6.08 Å². The van der Waals surface area contributed by atoms with E-state index >= 15 is 0 Å². The molecule has 30 heavy (non-hydrogen) atoms. The van der Waals surface area contributed by atoms with Crippen molar-refractivity contribution in [2.75, 3.05) is 20.3 Å². The van der Waals surface area contributed by atoms with Gasteiger partial charge in [-0.15, -0.1) is 0 Å². The van der Waals surface area contributed by atoms with Crippen molar-refractivity contribution in [1.29, 1.82) is 0 Å². The fourth-order valence-electron chi connectivity index (χ4n) is 2.62. The number of halogens is 2. The van der Waals surface area contributed by atoms with Gasteiger partial charge >= 0.3 is 0 Å². The average Bonchev–Trinajstić information content (AvgIpc) is 2.97. The number of carbonyl (C=O) groups excluding carboxylic acids is 2. The maximum atomic E-state index is 12.6. The average molecular weight is 469 g/mol. The van der Waals surface area contributed by atoms with Crippen molar-refractivity contribution in [3.05, 3.63) is 67.0 Å². The van der Waals surface area contributed by atoms with Gasteiger partial charge in [-0.05, 0) is 36.0 Å². The zero-order chi connectivity index (χ0) is 21.8. The Morgan fingerprint density at radius 1 is 1.17 bits per heavy atom. The van der Waals surface area contributed by atoms with Crippen LogP contribution in [0.2, 0.25) is 10.0 Å². The van der Waals surface area contributed by atoms with Gasteiger partial charge in [0.15, 0.2) is 11.5 Å². The van der Waals surface area contributed by atoms with Crippen LogP contribution in [0.1, 0.15) is 5.56 Å². The van der Waals surface area contributed by atoms with Crippen LogP contribution in [0.15, 0.2) is 41.3 Å². The quantitative estimate of drug-likeness (QED) is 0.319. The molecule has 11 heteroatoms. The Hall–Kier alpha value is -2.75. The summed E-state index contributed by atoms with van der Waals surface area (Å²) in [6.07, 6.45) is 1.33. The van der Waals surface area contributed by atoms with Gasteiger partial charge in [-0.2, -0.15) is 0 Å². The van der Waals surface area contributed by atoms with Crippen molar-refractivity contribution in [3.8, 4) is 11.5 Å². The summed E-state index contributed by atoms with van der Waals surface area (Å²) < 4.78 is 10.8. The summed E-state index contributed by atoms with van der Waals surface area (Å²) in [6.45, 7) is 0.0907. The SMILES string of the molecule is COc1ccccc1OCCN1C(=O)S/C(=C\c2cc([N+](=O)[O-])c(Cl)cc2Cl)C1=O. The second-order valence-corrected chi connectivity index (χ2v) is 7.72. The second-order valence-electron chi connectivity index (χ2n) is 5.91. The number of hydrogen-bond acceptors (Lipinski definition) is 7. The van der Waals surface area contributed by atoms with Crippen molar-refractivity contribution < 1.29 is 24.0 Å². The molecule has 1 aliphatic heterocycles. The molecule has 1 aliphatic rings. The fraction of sp³-hybridized carbons (Fsp3) is 0.158.